The van der Waals surface area contributed by atoms with Crippen LogP contribution in [0.1, 0.15) is 17.7 Å². The molecule has 0 saturated carbocycles. The fourth-order valence-corrected chi connectivity index (χ4v) is 6.43. The number of rotatable bonds is 2. The number of allylic oxidation sites excluding steroid dienone is 2. The number of hydrogen-bond donors (Lipinski definition) is 0. The Morgan fingerprint density at radius 3 is 1.90 bits per heavy atom. The smallest absolute Gasteiger partial charge is 0.138 e. The second kappa shape index (κ2) is 8.51. The Labute approximate surface area is 236 Å². The second-order valence-electron chi connectivity index (χ2n) is 10.6. The first kappa shape index (κ1) is 22.3. The zero-order valence-electron chi connectivity index (χ0n) is 22.2. The van der Waals surface area contributed by atoms with Crippen molar-refractivity contribution in [2.24, 2.45) is 0 Å². The van der Waals surface area contributed by atoms with Gasteiger partial charge in [-0.05, 0) is 67.1 Å². The maximum atomic E-state index is 5.16. The fraction of sp³-hybridized carbons (Fsp3) is 0.0270. The Hall–Kier alpha value is -5.48. The molecule has 192 valence electrons. The molecule has 4 aromatic carbocycles. The summed E-state index contributed by atoms with van der Waals surface area (Å²) in [7, 11) is 0. The van der Waals surface area contributed by atoms with Crippen LogP contribution >= 0.6 is 0 Å². The summed E-state index contributed by atoms with van der Waals surface area (Å²) in [5.41, 5.74) is 7.69. The third kappa shape index (κ3) is 3.28. The molecule has 4 nitrogen and oxygen atoms in total. The number of para-hydroxylation sites is 3. The van der Waals surface area contributed by atoms with Gasteiger partial charge in [-0.15, -0.1) is 0 Å². The predicted molar refractivity (Wildman–Crippen MR) is 171 cm³/mol. The molecule has 0 atom stereocenters. The quantitative estimate of drug-likeness (QED) is 0.226. The lowest BCUT2D eigenvalue weighted by Crippen LogP contribution is -2.00. The van der Waals surface area contributed by atoms with Gasteiger partial charge in [0.25, 0.3) is 0 Å². The Bertz CT molecular complexity index is 2400. The van der Waals surface area contributed by atoms with Crippen LogP contribution < -0.4 is 0 Å². The molecule has 8 aromatic rings. The van der Waals surface area contributed by atoms with Gasteiger partial charge in [-0.1, -0.05) is 72.8 Å². The summed E-state index contributed by atoms with van der Waals surface area (Å²) in [5.74, 6) is 1.83. The SMILES string of the molecule is C1=Cc2ccc(-n3c4ccccc4c4cc5c6ccccc6n(-c6ccc7ccccc7n6)c5cc43)nc2C=CC1. The van der Waals surface area contributed by atoms with Gasteiger partial charge in [0.2, 0.25) is 0 Å². The van der Waals surface area contributed by atoms with Crippen molar-refractivity contribution in [1.29, 1.82) is 0 Å². The van der Waals surface area contributed by atoms with Crippen molar-refractivity contribution in [3.63, 3.8) is 0 Å². The van der Waals surface area contributed by atoms with Gasteiger partial charge < -0.3 is 0 Å². The monoisotopic (exact) mass is 524 g/mol. The maximum absolute atomic E-state index is 5.16. The molecule has 0 saturated heterocycles. The molecule has 4 aromatic heterocycles. The van der Waals surface area contributed by atoms with Gasteiger partial charge in [0.1, 0.15) is 11.6 Å². The largest absolute Gasteiger partial charge is 0.294 e. The van der Waals surface area contributed by atoms with E-state index in [-0.39, 0.29) is 0 Å². The van der Waals surface area contributed by atoms with Crippen molar-refractivity contribution >= 4 is 66.7 Å². The van der Waals surface area contributed by atoms with Gasteiger partial charge in [0.15, 0.2) is 0 Å². The number of aromatic nitrogens is 4. The first-order valence-corrected chi connectivity index (χ1v) is 14.0. The lowest BCUT2D eigenvalue weighted by atomic mass is 10.1. The van der Waals surface area contributed by atoms with Crippen LogP contribution in [0.2, 0.25) is 0 Å². The number of hydrogen-bond acceptors (Lipinski definition) is 2. The highest BCUT2D eigenvalue weighted by Gasteiger charge is 2.19. The van der Waals surface area contributed by atoms with Gasteiger partial charge in [-0.2, -0.15) is 0 Å². The highest BCUT2D eigenvalue weighted by molar-refractivity contribution is 6.19. The topological polar surface area (TPSA) is 35.6 Å². The molecular weight excluding hydrogens is 500 g/mol. The minimum atomic E-state index is 0.914. The van der Waals surface area contributed by atoms with E-state index in [9.17, 15) is 0 Å². The van der Waals surface area contributed by atoms with E-state index in [0.717, 1.165) is 62.3 Å². The first-order chi connectivity index (χ1) is 20.3. The van der Waals surface area contributed by atoms with E-state index in [0.29, 0.717) is 0 Å². The highest BCUT2D eigenvalue weighted by atomic mass is 15.1. The normalized spacial score (nSPS) is 13.1. The molecule has 41 heavy (non-hydrogen) atoms. The molecule has 0 spiro atoms. The van der Waals surface area contributed by atoms with Crippen LogP contribution in [0.25, 0.3) is 78.3 Å². The number of pyridine rings is 2. The van der Waals surface area contributed by atoms with Crippen molar-refractivity contribution in [3.8, 4) is 11.6 Å². The van der Waals surface area contributed by atoms with Crippen LogP contribution in [0, 0.1) is 0 Å². The van der Waals surface area contributed by atoms with Crippen molar-refractivity contribution in [3.05, 3.63) is 133 Å². The van der Waals surface area contributed by atoms with E-state index in [4.69, 9.17) is 9.97 Å². The summed E-state index contributed by atoms with van der Waals surface area (Å²) in [4.78, 5) is 10.3. The number of nitrogens with zero attached hydrogens (tertiary/aromatic N) is 4. The molecule has 1 aliphatic rings. The Balaban J connectivity index is 1.40. The van der Waals surface area contributed by atoms with Crippen LogP contribution in [-0.2, 0) is 0 Å². The number of fused-ring (bicyclic) bond motifs is 8. The molecule has 0 aliphatic heterocycles. The summed E-state index contributed by atoms with van der Waals surface area (Å²) in [6.07, 6.45) is 9.57. The summed E-state index contributed by atoms with van der Waals surface area (Å²) in [5, 5.41) is 6.01. The summed E-state index contributed by atoms with van der Waals surface area (Å²) < 4.78 is 4.61. The molecule has 0 bridgehead atoms. The fourth-order valence-electron chi connectivity index (χ4n) is 6.43. The molecule has 9 rings (SSSR count). The van der Waals surface area contributed by atoms with E-state index in [2.05, 4.69) is 137 Å². The van der Waals surface area contributed by atoms with Crippen LogP contribution in [0.4, 0.5) is 0 Å². The zero-order chi connectivity index (χ0) is 26.9. The Morgan fingerprint density at radius 1 is 0.488 bits per heavy atom. The third-order valence-corrected chi connectivity index (χ3v) is 8.30. The van der Waals surface area contributed by atoms with Gasteiger partial charge in [0, 0.05) is 32.5 Å². The van der Waals surface area contributed by atoms with Crippen LogP contribution in [0.15, 0.2) is 121 Å². The van der Waals surface area contributed by atoms with Gasteiger partial charge in [-0.3, -0.25) is 9.13 Å². The van der Waals surface area contributed by atoms with Gasteiger partial charge in [-0.25, -0.2) is 9.97 Å². The molecule has 0 unspecified atom stereocenters. The summed E-state index contributed by atoms with van der Waals surface area (Å²) in [6.45, 7) is 0. The second-order valence-corrected chi connectivity index (χ2v) is 10.6. The molecular formula is C37H24N4. The van der Waals surface area contributed by atoms with E-state index in [1.807, 2.05) is 6.07 Å². The molecule has 0 amide bonds. The lowest BCUT2D eigenvalue weighted by Gasteiger charge is -2.11. The van der Waals surface area contributed by atoms with Crippen molar-refractivity contribution < 1.29 is 0 Å². The van der Waals surface area contributed by atoms with E-state index >= 15 is 0 Å². The molecule has 0 fully saturated rings. The van der Waals surface area contributed by atoms with Crippen molar-refractivity contribution in [2.45, 2.75) is 6.42 Å². The molecule has 0 N–H and O–H groups in total. The number of benzene rings is 4. The molecule has 0 radical (unpaired) electrons. The highest BCUT2D eigenvalue weighted by Crippen LogP contribution is 2.39. The summed E-state index contributed by atoms with van der Waals surface area (Å²) >= 11 is 0. The van der Waals surface area contributed by atoms with Crippen LogP contribution in [-0.4, -0.2) is 19.1 Å². The van der Waals surface area contributed by atoms with Crippen LogP contribution in [0.5, 0.6) is 0 Å². The third-order valence-electron chi connectivity index (χ3n) is 8.30. The Kier molecular flexibility index (Phi) is 4.64. The minimum Gasteiger partial charge on any atom is -0.294 e. The van der Waals surface area contributed by atoms with Gasteiger partial charge in [0.05, 0.1) is 33.3 Å². The van der Waals surface area contributed by atoms with Crippen LogP contribution in [0.3, 0.4) is 0 Å². The average molecular weight is 525 g/mol. The Morgan fingerprint density at radius 2 is 1.12 bits per heavy atom. The maximum Gasteiger partial charge on any atom is 0.138 e. The first-order valence-electron chi connectivity index (χ1n) is 14.0. The van der Waals surface area contributed by atoms with E-state index < -0.39 is 0 Å². The molecule has 1 aliphatic carbocycles. The molecule has 4 heterocycles. The minimum absolute atomic E-state index is 0.914. The molecule has 4 heteroatoms. The van der Waals surface area contributed by atoms with Gasteiger partial charge >= 0.3 is 0 Å². The standard InChI is InChI=1S/C37H24N4/c1-2-10-24-18-20-36(38-30(24)14-3-1)40-32-16-8-5-12-26(32)28-22-29-27-13-6-9-17-33(27)41(35(29)23-34(28)40)37-21-19-25-11-4-7-15-31(25)39-37/h2-23H,1H2. The average Bonchev–Trinajstić information content (AvgIpc) is 3.40. The van der Waals surface area contributed by atoms with Crippen molar-refractivity contribution in [2.75, 3.05) is 0 Å². The summed E-state index contributed by atoms with van der Waals surface area (Å²) in [6, 6.07) is 38.9. The predicted octanol–water partition coefficient (Wildman–Crippen LogP) is 9.25. The van der Waals surface area contributed by atoms with E-state index in [1.165, 1.54) is 21.5 Å². The zero-order valence-corrected chi connectivity index (χ0v) is 22.2. The van der Waals surface area contributed by atoms with E-state index in [1.54, 1.807) is 0 Å². The lowest BCUT2D eigenvalue weighted by molar-refractivity contribution is 1.07. The van der Waals surface area contributed by atoms with Crippen molar-refractivity contribution in [1.82, 2.24) is 19.1 Å².